The highest BCUT2D eigenvalue weighted by atomic mass is 16.3. The van der Waals surface area contributed by atoms with Crippen LogP contribution < -0.4 is 5.73 Å². The Morgan fingerprint density at radius 1 is 1.23 bits per heavy atom. The van der Waals surface area contributed by atoms with E-state index in [1.165, 1.54) is 0 Å². The maximum absolute atomic E-state index is 5.62. The largest absolute Gasteiger partial charge is 0.466 e. The predicted molar refractivity (Wildman–Crippen MR) is 54.6 cm³/mol. The number of furan rings is 1. The average molecular weight is 181 g/mol. The second kappa shape index (κ2) is 3.97. The number of hydrogen-bond donors (Lipinski definition) is 1. The van der Waals surface area contributed by atoms with Gasteiger partial charge in [0.2, 0.25) is 0 Å². The highest BCUT2D eigenvalue weighted by Crippen LogP contribution is 2.21. The van der Waals surface area contributed by atoms with Gasteiger partial charge in [0, 0.05) is 12.8 Å². The summed E-state index contributed by atoms with van der Waals surface area (Å²) in [6.07, 6.45) is 1.82. The Balaban J connectivity index is 2.59. The van der Waals surface area contributed by atoms with Crippen LogP contribution in [0.4, 0.5) is 0 Å². The van der Waals surface area contributed by atoms with Crippen molar-refractivity contribution in [2.75, 3.05) is 6.54 Å². The van der Waals surface area contributed by atoms with Crippen molar-refractivity contribution in [2.45, 2.75) is 33.6 Å². The fourth-order valence-electron chi connectivity index (χ4n) is 1.32. The van der Waals surface area contributed by atoms with Gasteiger partial charge in [-0.05, 0) is 24.1 Å². The molecule has 0 atom stereocenters. The van der Waals surface area contributed by atoms with Gasteiger partial charge in [0.25, 0.3) is 0 Å². The van der Waals surface area contributed by atoms with Crippen LogP contribution in [0.15, 0.2) is 16.5 Å². The van der Waals surface area contributed by atoms with Crippen LogP contribution in [-0.4, -0.2) is 6.54 Å². The molecular formula is C11H19NO. The van der Waals surface area contributed by atoms with Gasteiger partial charge in [-0.3, -0.25) is 0 Å². The minimum Gasteiger partial charge on any atom is -0.466 e. The smallest absolute Gasteiger partial charge is 0.105 e. The lowest BCUT2D eigenvalue weighted by Gasteiger charge is -2.15. The van der Waals surface area contributed by atoms with Crippen molar-refractivity contribution >= 4 is 0 Å². The highest BCUT2D eigenvalue weighted by Gasteiger charge is 2.13. The Morgan fingerprint density at radius 2 is 1.85 bits per heavy atom. The molecule has 0 unspecified atom stereocenters. The molecule has 74 valence electrons. The van der Waals surface area contributed by atoms with Gasteiger partial charge in [-0.2, -0.15) is 0 Å². The summed E-state index contributed by atoms with van der Waals surface area (Å²) in [6.45, 7) is 7.27. The van der Waals surface area contributed by atoms with E-state index in [9.17, 15) is 0 Å². The summed E-state index contributed by atoms with van der Waals surface area (Å²) in [7, 11) is 0. The van der Waals surface area contributed by atoms with Gasteiger partial charge >= 0.3 is 0 Å². The first kappa shape index (κ1) is 10.3. The van der Waals surface area contributed by atoms with Crippen LogP contribution in [0, 0.1) is 5.41 Å². The SMILES string of the molecule is CC(C)(C)Cc1ccc(CCN)o1. The molecule has 0 fully saturated rings. The monoisotopic (exact) mass is 181 g/mol. The summed E-state index contributed by atoms with van der Waals surface area (Å²) in [4.78, 5) is 0. The predicted octanol–water partition coefficient (Wildman–Crippen LogP) is 2.37. The minimum atomic E-state index is 0.290. The molecule has 0 bridgehead atoms. The quantitative estimate of drug-likeness (QED) is 0.777. The summed E-state index contributed by atoms with van der Waals surface area (Å²) < 4.78 is 5.62. The van der Waals surface area contributed by atoms with Crippen molar-refractivity contribution < 1.29 is 4.42 Å². The molecule has 0 aliphatic carbocycles. The summed E-state index contributed by atoms with van der Waals surface area (Å²) in [5.74, 6) is 2.07. The molecule has 0 aromatic carbocycles. The molecule has 0 amide bonds. The van der Waals surface area contributed by atoms with Crippen molar-refractivity contribution in [1.82, 2.24) is 0 Å². The molecule has 0 aliphatic heterocycles. The molecule has 13 heavy (non-hydrogen) atoms. The molecule has 0 aliphatic rings. The first-order valence-electron chi connectivity index (χ1n) is 4.79. The van der Waals surface area contributed by atoms with Crippen LogP contribution in [0.2, 0.25) is 0 Å². The topological polar surface area (TPSA) is 39.2 Å². The molecule has 0 saturated heterocycles. The van der Waals surface area contributed by atoms with E-state index >= 15 is 0 Å². The van der Waals surface area contributed by atoms with Crippen LogP contribution in [0.1, 0.15) is 32.3 Å². The fourth-order valence-corrected chi connectivity index (χ4v) is 1.32. The van der Waals surface area contributed by atoms with Crippen molar-refractivity contribution in [2.24, 2.45) is 11.1 Å². The summed E-state index contributed by atoms with van der Waals surface area (Å²) in [5.41, 5.74) is 5.73. The standard InChI is InChI=1S/C11H19NO/c1-11(2,3)8-10-5-4-9(13-10)6-7-12/h4-5H,6-8,12H2,1-3H3. The van der Waals surface area contributed by atoms with Gasteiger partial charge < -0.3 is 10.2 Å². The Hall–Kier alpha value is -0.760. The lowest BCUT2D eigenvalue weighted by Crippen LogP contribution is -2.08. The molecule has 0 radical (unpaired) electrons. The fraction of sp³-hybridized carbons (Fsp3) is 0.636. The van der Waals surface area contributed by atoms with E-state index in [2.05, 4.69) is 26.8 Å². The molecule has 2 N–H and O–H groups in total. The van der Waals surface area contributed by atoms with E-state index in [0.717, 1.165) is 24.4 Å². The lowest BCUT2D eigenvalue weighted by molar-refractivity contribution is 0.354. The Kier molecular flexibility index (Phi) is 3.15. The minimum absolute atomic E-state index is 0.290. The number of rotatable bonds is 3. The highest BCUT2D eigenvalue weighted by molar-refractivity contribution is 5.08. The second-order valence-electron chi connectivity index (χ2n) is 4.64. The molecule has 2 heteroatoms. The van der Waals surface area contributed by atoms with Crippen molar-refractivity contribution in [3.8, 4) is 0 Å². The first-order chi connectivity index (χ1) is 6.01. The molecule has 1 heterocycles. The van der Waals surface area contributed by atoms with E-state index < -0.39 is 0 Å². The zero-order valence-electron chi connectivity index (χ0n) is 8.76. The molecule has 0 spiro atoms. The zero-order valence-corrected chi connectivity index (χ0v) is 8.76. The average Bonchev–Trinajstić information content (AvgIpc) is 2.33. The normalized spacial score (nSPS) is 12.0. The molecule has 1 rings (SSSR count). The van der Waals surface area contributed by atoms with E-state index in [1.807, 2.05) is 6.07 Å². The molecule has 0 saturated carbocycles. The van der Waals surface area contributed by atoms with Crippen LogP contribution >= 0.6 is 0 Å². The van der Waals surface area contributed by atoms with E-state index in [4.69, 9.17) is 10.2 Å². The van der Waals surface area contributed by atoms with Crippen molar-refractivity contribution in [3.63, 3.8) is 0 Å². The Labute approximate surface area is 80.1 Å². The maximum Gasteiger partial charge on any atom is 0.105 e. The van der Waals surface area contributed by atoms with Gasteiger partial charge in [0.15, 0.2) is 0 Å². The summed E-state index contributed by atoms with van der Waals surface area (Å²) >= 11 is 0. The molecule has 1 aromatic heterocycles. The van der Waals surface area contributed by atoms with Gasteiger partial charge in [-0.15, -0.1) is 0 Å². The van der Waals surface area contributed by atoms with Gasteiger partial charge in [0.1, 0.15) is 11.5 Å². The van der Waals surface area contributed by atoms with Crippen molar-refractivity contribution in [3.05, 3.63) is 23.7 Å². The first-order valence-corrected chi connectivity index (χ1v) is 4.79. The second-order valence-corrected chi connectivity index (χ2v) is 4.64. The van der Waals surface area contributed by atoms with Gasteiger partial charge in [-0.25, -0.2) is 0 Å². The third kappa shape index (κ3) is 3.64. The van der Waals surface area contributed by atoms with Crippen LogP contribution in [0.3, 0.4) is 0 Å². The van der Waals surface area contributed by atoms with E-state index in [1.54, 1.807) is 0 Å². The lowest BCUT2D eigenvalue weighted by atomic mass is 9.91. The molecular weight excluding hydrogens is 162 g/mol. The zero-order chi connectivity index (χ0) is 9.90. The Morgan fingerprint density at radius 3 is 2.38 bits per heavy atom. The van der Waals surface area contributed by atoms with Gasteiger partial charge in [-0.1, -0.05) is 20.8 Å². The van der Waals surface area contributed by atoms with Gasteiger partial charge in [0.05, 0.1) is 0 Å². The van der Waals surface area contributed by atoms with E-state index in [-0.39, 0.29) is 5.41 Å². The maximum atomic E-state index is 5.62. The number of nitrogens with two attached hydrogens (primary N) is 1. The van der Waals surface area contributed by atoms with Crippen LogP contribution in [0.25, 0.3) is 0 Å². The third-order valence-corrected chi connectivity index (χ3v) is 1.81. The van der Waals surface area contributed by atoms with Crippen LogP contribution in [-0.2, 0) is 12.8 Å². The Bertz CT molecular complexity index is 257. The number of hydrogen-bond acceptors (Lipinski definition) is 2. The third-order valence-electron chi connectivity index (χ3n) is 1.81. The summed E-state index contributed by atoms with van der Waals surface area (Å²) in [5, 5.41) is 0. The molecule has 1 aromatic rings. The molecule has 2 nitrogen and oxygen atoms in total. The summed E-state index contributed by atoms with van der Waals surface area (Å²) in [6, 6.07) is 4.07. The van der Waals surface area contributed by atoms with Crippen LogP contribution in [0.5, 0.6) is 0 Å². The van der Waals surface area contributed by atoms with Crippen molar-refractivity contribution in [1.29, 1.82) is 0 Å². The van der Waals surface area contributed by atoms with E-state index in [0.29, 0.717) is 6.54 Å².